The standard InChI is InChI=1S/C13H24O/c1-12(2)8-5-9-13(3)10(12)6-7-11(13)14-4/h10-11H,5-9H2,1-4H3/t10-,11-,13+/m0/s1. The maximum Gasteiger partial charge on any atom is 0.0627 e. The zero-order chi connectivity index (χ0) is 10.4. The molecule has 0 bridgehead atoms. The molecule has 0 aromatic rings. The molecule has 3 atom stereocenters. The summed E-state index contributed by atoms with van der Waals surface area (Å²) in [4.78, 5) is 0. The second-order valence-corrected chi connectivity index (χ2v) is 6.20. The van der Waals surface area contributed by atoms with Crippen molar-refractivity contribution >= 4 is 0 Å². The van der Waals surface area contributed by atoms with Crippen LogP contribution in [-0.2, 0) is 4.74 Å². The van der Waals surface area contributed by atoms with Gasteiger partial charge in [-0.05, 0) is 42.4 Å². The van der Waals surface area contributed by atoms with Gasteiger partial charge in [0.2, 0.25) is 0 Å². The van der Waals surface area contributed by atoms with Gasteiger partial charge in [-0.1, -0.05) is 27.2 Å². The monoisotopic (exact) mass is 196 g/mol. The first-order valence-electron chi connectivity index (χ1n) is 6.03. The fourth-order valence-corrected chi connectivity index (χ4v) is 4.31. The highest BCUT2D eigenvalue weighted by Gasteiger charge is 2.54. The smallest absolute Gasteiger partial charge is 0.0627 e. The average Bonchev–Trinajstić information content (AvgIpc) is 2.42. The largest absolute Gasteiger partial charge is 0.381 e. The van der Waals surface area contributed by atoms with Crippen molar-refractivity contribution in [1.82, 2.24) is 0 Å². The highest BCUT2D eigenvalue weighted by Crippen LogP contribution is 2.59. The number of fused-ring (bicyclic) bond motifs is 1. The SMILES string of the molecule is CO[C@H]1CC[C@H]2C(C)(C)CCC[C@@]12C. The lowest BCUT2D eigenvalue weighted by atomic mass is 9.57. The van der Waals surface area contributed by atoms with Crippen LogP contribution in [0.4, 0.5) is 0 Å². The Morgan fingerprint density at radius 3 is 2.43 bits per heavy atom. The lowest BCUT2D eigenvalue weighted by Crippen LogP contribution is -2.43. The molecule has 0 aromatic carbocycles. The van der Waals surface area contributed by atoms with E-state index < -0.39 is 0 Å². The van der Waals surface area contributed by atoms with E-state index in [1.165, 1.54) is 32.1 Å². The number of hydrogen-bond donors (Lipinski definition) is 0. The Hall–Kier alpha value is -0.0400. The molecule has 0 radical (unpaired) electrons. The summed E-state index contributed by atoms with van der Waals surface area (Å²) in [5.41, 5.74) is 1.01. The summed E-state index contributed by atoms with van der Waals surface area (Å²) in [5.74, 6) is 0.883. The minimum Gasteiger partial charge on any atom is -0.381 e. The molecule has 0 saturated heterocycles. The van der Waals surface area contributed by atoms with Crippen molar-refractivity contribution in [3.63, 3.8) is 0 Å². The van der Waals surface area contributed by atoms with E-state index in [9.17, 15) is 0 Å². The number of methoxy groups -OCH3 is 1. The first-order chi connectivity index (χ1) is 6.50. The van der Waals surface area contributed by atoms with E-state index in [0.29, 0.717) is 16.9 Å². The van der Waals surface area contributed by atoms with Crippen LogP contribution in [0.25, 0.3) is 0 Å². The molecule has 1 nitrogen and oxygen atoms in total. The molecule has 0 spiro atoms. The Labute approximate surface area is 88.2 Å². The van der Waals surface area contributed by atoms with Gasteiger partial charge in [-0.3, -0.25) is 0 Å². The van der Waals surface area contributed by atoms with E-state index in [0.717, 1.165) is 5.92 Å². The van der Waals surface area contributed by atoms with Crippen LogP contribution >= 0.6 is 0 Å². The highest BCUT2D eigenvalue weighted by molar-refractivity contribution is 5.03. The van der Waals surface area contributed by atoms with Gasteiger partial charge >= 0.3 is 0 Å². The molecule has 2 aliphatic carbocycles. The number of rotatable bonds is 1. The second kappa shape index (κ2) is 3.23. The van der Waals surface area contributed by atoms with Gasteiger partial charge in [0, 0.05) is 7.11 Å². The lowest BCUT2D eigenvalue weighted by Gasteiger charge is -2.49. The van der Waals surface area contributed by atoms with Gasteiger partial charge in [0.05, 0.1) is 6.10 Å². The van der Waals surface area contributed by atoms with Crippen molar-refractivity contribution in [2.75, 3.05) is 7.11 Å². The van der Waals surface area contributed by atoms with Gasteiger partial charge < -0.3 is 4.74 Å². The maximum absolute atomic E-state index is 5.68. The van der Waals surface area contributed by atoms with Crippen LogP contribution in [0.3, 0.4) is 0 Å². The minimum absolute atomic E-state index is 0.469. The van der Waals surface area contributed by atoms with E-state index in [2.05, 4.69) is 20.8 Å². The summed E-state index contributed by atoms with van der Waals surface area (Å²) >= 11 is 0. The third-order valence-corrected chi connectivity index (χ3v) is 5.01. The molecular formula is C13H24O. The zero-order valence-corrected chi connectivity index (χ0v) is 10.1. The Bertz CT molecular complexity index is 221. The Morgan fingerprint density at radius 2 is 1.79 bits per heavy atom. The molecule has 1 heteroatoms. The highest BCUT2D eigenvalue weighted by atomic mass is 16.5. The van der Waals surface area contributed by atoms with E-state index in [1.54, 1.807) is 0 Å². The van der Waals surface area contributed by atoms with Crippen LogP contribution in [0, 0.1) is 16.7 Å². The van der Waals surface area contributed by atoms with E-state index in [1.807, 2.05) is 7.11 Å². The summed E-state index contributed by atoms with van der Waals surface area (Å²) < 4.78 is 5.68. The molecule has 0 amide bonds. The van der Waals surface area contributed by atoms with Crippen molar-refractivity contribution in [2.45, 2.75) is 59.0 Å². The summed E-state index contributed by atoms with van der Waals surface area (Å²) in [6.07, 6.45) is 7.35. The fourth-order valence-electron chi connectivity index (χ4n) is 4.31. The van der Waals surface area contributed by atoms with Crippen LogP contribution in [0.1, 0.15) is 52.9 Å². The van der Waals surface area contributed by atoms with Gasteiger partial charge in [-0.2, -0.15) is 0 Å². The fraction of sp³-hybridized carbons (Fsp3) is 1.00. The van der Waals surface area contributed by atoms with Crippen molar-refractivity contribution in [1.29, 1.82) is 0 Å². The molecule has 2 saturated carbocycles. The molecule has 2 rings (SSSR count). The van der Waals surface area contributed by atoms with Crippen molar-refractivity contribution in [2.24, 2.45) is 16.7 Å². The first-order valence-corrected chi connectivity index (χ1v) is 6.03. The maximum atomic E-state index is 5.68. The van der Waals surface area contributed by atoms with Crippen molar-refractivity contribution in [3.05, 3.63) is 0 Å². The molecule has 0 unspecified atom stereocenters. The third-order valence-electron chi connectivity index (χ3n) is 5.01. The van der Waals surface area contributed by atoms with Crippen molar-refractivity contribution < 1.29 is 4.74 Å². The molecule has 82 valence electrons. The van der Waals surface area contributed by atoms with E-state index in [4.69, 9.17) is 4.74 Å². The van der Waals surface area contributed by atoms with Crippen LogP contribution in [0.2, 0.25) is 0 Å². The molecule has 0 N–H and O–H groups in total. The molecule has 0 aliphatic heterocycles. The second-order valence-electron chi connectivity index (χ2n) is 6.20. The third kappa shape index (κ3) is 1.32. The first kappa shape index (κ1) is 10.5. The van der Waals surface area contributed by atoms with Gasteiger partial charge in [-0.25, -0.2) is 0 Å². The quantitative estimate of drug-likeness (QED) is 0.622. The molecule has 0 heterocycles. The van der Waals surface area contributed by atoms with Crippen LogP contribution in [0.15, 0.2) is 0 Å². The predicted octanol–water partition coefficient (Wildman–Crippen LogP) is 3.63. The zero-order valence-electron chi connectivity index (χ0n) is 10.1. The molecule has 14 heavy (non-hydrogen) atoms. The van der Waals surface area contributed by atoms with Gasteiger partial charge in [-0.15, -0.1) is 0 Å². The minimum atomic E-state index is 0.469. The Balaban J connectivity index is 2.26. The van der Waals surface area contributed by atoms with E-state index in [-0.39, 0.29) is 0 Å². The van der Waals surface area contributed by atoms with Gasteiger partial charge in [0.15, 0.2) is 0 Å². The van der Waals surface area contributed by atoms with Gasteiger partial charge in [0.25, 0.3) is 0 Å². The predicted molar refractivity (Wildman–Crippen MR) is 59.3 cm³/mol. The Morgan fingerprint density at radius 1 is 1.07 bits per heavy atom. The van der Waals surface area contributed by atoms with Crippen LogP contribution in [-0.4, -0.2) is 13.2 Å². The summed E-state index contributed by atoms with van der Waals surface area (Å²) in [6.45, 7) is 7.36. The van der Waals surface area contributed by atoms with E-state index >= 15 is 0 Å². The lowest BCUT2D eigenvalue weighted by molar-refractivity contribution is -0.0581. The van der Waals surface area contributed by atoms with Crippen molar-refractivity contribution in [3.8, 4) is 0 Å². The topological polar surface area (TPSA) is 9.23 Å². The normalized spacial score (nSPS) is 46.3. The summed E-state index contributed by atoms with van der Waals surface area (Å²) in [5, 5.41) is 0. The average molecular weight is 196 g/mol. The van der Waals surface area contributed by atoms with Crippen LogP contribution in [0.5, 0.6) is 0 Å². The molecular weight excluding hydrogens is 172 g/mol. The molecule has 2 aliphatic rings. The Kier molecular flexibility index (Phi) is 2.42. The van der Waals surface area contributed by atoms with Crippen LogP contribution < -0.4 is 0 Å². The summed E-state index contributed by atoms with van der Waals surface area (Å²) in [6, 6.07) is 0. The molecule has 0 aromatic heterocycles. The number of hydrogen-bond acceptors (Lipinski definition) is 1. The summed E-state index contributed by atoms with van der Waals surface area (Å²) in [7, 11) is 1.89. The van der Waals surface area contributed by atoms with Gasteiger partial charge in [0.1, 0.15) is 0 Å². The molecule has 2 fully saturated rings. The number of ether oxygens (including phenoxy) is 1.